The van der Waals surface area contributed by atoms with E-state index >= 15 is 0 Å². The van der Waals surface area contributed by atoms with Gasteiger partial charge >= 0.3 is 17.8 Å². The highest BCUT2D eigenvalue weighted by Crippen LogP contribution is 2.26. The van der Waals surface area contributed by atoms with Gasteiger partial charge in [-0.2, -0.15) is 5.10 Å². The smallest absolute Gasteiger partial charge is 0.343 e. The van der Waals surface area contributed by atoms with E-state index in [-0.39, 0.29) is 10.9 Å². The van der Waals surface area contributed by atoms with Crippen molar-refractivity contribution in [3.63, 3.8) is 0 Å². The molecule has 0 saturated heterocycles. The van der Waals surface area contributed by atoms with Gasteiger partial charge in [0.15, 0.2) is 0 Å². The Bertz CT molecular complexity index is 1440. The van der Waals surface area contributed by atoms with Crippen molar-refractivity contribution in [2.45, 2.75) is 0 Å². The van der Waals surface area contributed by atoms with Crippen molar-refractivity contribution < 1.29 is 19.1 Å². The molecule has 0 aliphatic heterocycles. The second-order valence-corrected chi connectivity index (χ2v) is 9.34. The predicted molar refractivity (Wildman–Crippen MR) is 140 cm³/mol. The minimum atomic E-state index is -1.02. The highest BCUT2D eigenvalue weighted by Gasteiger charge is 2.16. The number of rotatable bonds is 6. The fraction of sp³-hybridized carbons (Fsp3) is 0. The number of hydrazone groups is 1. The van der Waals surface area contributed by atoms with E-state index in [1.165, 1.54) is 18.3 Å². The molecule has 1 aromatic heterocycles. The van der Waals surface area contributed by atoms with Gasteiger partial charge in [0.05, 0.1) is 11.8 Å². The van der Waals surface area contributed by atoms with Gasteiger partial charge in [-0.05, 0) is 42.5 Å². The van der Waals surface area contributed by atoms with Crippen LogP contribution in [-0.4, -0.2) is 34.2 Å². The number of nitrogens with one attached hydrogen (secondary N) is 2. The Hall–Kier alpha value is -3.93. The second-order valence-electron chi connectivity index (χ2n) is 7.01. The average molecular weight is 585 g/mol. The van der Waals surface area contributed by atoms with Crippen molar-refractivity contribution in [3.8, 4) is 16.3 Å². The van der Waals surface area contributed by atoms with Gasteiger partial charge in [0, 0.05) is 20.6 Å². The SMILES string of the molecule is O=C(NN=Cc1cc(Br)ccc1OC(=O)c1ccc(Cl)cc1)C(=O)Nc1nnc(-c2ccccc2)s1. The lowest BCUT2D eigenvalue weighted by molar-refractivity contribution is -0.136. The summed E-state index contributed by atoms with van der Waals surface area (Å²) in [4.78, 5) is 36.8. The maximum atomic E-state index is 12.4. The number of carbonyl (C=O) groups is 3. The number of anilines is 1. The van der Waals surface area contributed by atoms with Gasteiger partial charge < -0.3 is 4.74 Å². The molecule has 0 atom stereocenters. The standard InChI is InChI=1S/C24H15BrClN5O4S/c25-17-8-11-19(35-23(34)15-6-9-18(26)10-7-15)16(12-17)13-27-29-21(33)20(32)28-24-31-30-22(36-24)14-4-2-1-3-5-14/h1-13H,(H,29,33)(H,28,31,32). The first-order valence-electron chi connectivity index (χ1n) is 10.2. The number of nitrogens with zero attached hydrogens (tertiary/aromatic N) is 3. The van der Waals surface area contributed by atoms with Crippen LogP contribution in [0, 0.1) is 0 Å². The zero-order valence-electron chi connectivity index (χ0n) is 18.1. The van der Waals surface area contributed by atoms with Gasteiger partial charge in [-0.15, -0.1) is 10.2 Å². The van der Waals surface area contributed by atoms with Crippen LogP contribution in [-0.2, 0) is 9.59 Å². The quantitative estimate of drug-likeness (QED) is 0.109. The summed E-state index contributed by atoms with van der Waals surface area (Å²) in [5, 5.41) is 15.3. The maximum absolute atomic E-state index is 12.4. The number of carbonyl (C=O) groups excluding carboxylic acids is 3. The molecule has 4 rings (SSSR count). The van der Waals surface area contributed by atoms with Gasteiger partial charge in [0.2, 0.25) is 5.13 Å². The Morgan fingerprint density at radius 2 is 1.72 bits per heavy atom. The topological polar surface area (TPSA) is 123 Å². The van der Waals surface area contributed by atoms with Crippen molar-refractivity contribution >= 4 is 68.0 Å². The molecule has 0 radical (unpaired) electrons. The lowest BCUT2D eigenvalue weighted by Gasteiger charge is -2.08. The molecule has 0 aliphatic rings. The molecule has 4 aromatic rings. The summed E-state index contributed by atoms with van der Waals surface area (Å²) in [6, 6.07) is 20.4. The maximum Gasteiger partial charge on any atom is 0.343 e. The molecule has 2 N–H and O–H groups in total. The van der Waals surface area contributed by atoms with Gasteiger partial charge in [0.1, 0.15) is 10.8 Å². The number of halogens is 2. The lowest BCUT2D eigenvalue weighted by Crippen LogP contribution is -2.32. The van der Waals surface area contributed by atoms with Crippen LogP contribution in [0.5, 0.6) is 5.75 Å². The highest BCUT2D eigenvalue weighted by molar-refractivity contribution is 9.10. The molecule has 0 fully saturated rings. The fourth-order valence-corrected chi connectivity index (χ4v) is 4.04. The Kier molecular flexibility index (Phi) is 8.16. The van der Waals surface area contributed by atoms with Crippen molar-refractivity contribution in [2.75, 3.05) is 5.32 Å². The Labute approximate surface area is 222 Å². The Morgan fingerprint density at radius 3 is 2.47 bits per heavy atom. The van der Waals surface area contributed by atoms with E-state index in [9.17, 15) is 14.4 Å². The predicted octanol–water partition coefficient (Wildman–Crippen LogP) is 4.93. The summed E-state index contributed by atoms with van der Waals surface area (Å²) in [5.74, 6) is -2.38. The molecule has 3 aromatic carbocycles. The third kappa shape index (κ3) is 6.60. The number of aromatic nitrogens is 2. The molecular weight excluding hydrogens is 570 g/mol. The lowest BCUT2D eigenvalue weighted by atomic mass is 10.2. The number of amides is 2. The van der Waals surface area contributed by atoms with E-state index in [1.54, 1.807) is 30.3 Å². The Morgan fingerprint density at radius 1 is 0.972 bits per heavy atom. The van der Waals surface area contributed by atoms with Crippen molar-refractivity contribution in [1.29, 1.82) is 0 Å². The summed E-state index contributed by atoms with van der Waals surface area (Å²) in [6.07, 6.45) is 1.25. The molecule has 0 aliphatic carbocycles. The monoisotopic (exact) mass is 583 g/mol. The summed E-state index contributed by atoms with van der Waals surface area (Å²) >= 11 is 10.3. The summed E-state index contributed by atoms with van der Waals surface area (Å²) < 4.78 is 6.13. The zero-order valence-corrected chi connectivity index (χ0v) is 21.3. The van der Waals surface area contributed by atoms with Gasteiger partial charge in [-0.3, -0.25) is 14.9 Å². The summed E-state index contributed by atoms with van der Waals surface area (Å²) in [5.41, 5.74) is 3.66. The first kappa shape index (κ1) is 25.2. The van der Waals surface area contributed by atoms with E-state index in [4.69, 9.17) is 16.3 Å². The highest BCUT2D eigenvalue weighted by atomic mass is 79.9. The number of ether oxygens (including phenoxy) is 1. The van der Waals surface area contributed by atoms with E-state index in [2.05, 4.69) is 42.0 Å². The van der Waals surface area contributed by atoms with E-state index in [1.807, 2.05) is 30.3 Å². The van der Waals surface area contributed by atoms with Crippen LogP contribution in [0.1, 0.15) is 15.9 Å². The van der Waals surface area contributed by atoms with E-state index < -0.39 is 17.8 Å². The molecule has 180 valence electrons. The molecule has 0 unspecified atom stereocenters. The van der Waals surface area contributed by atoms with Crippen molar-refractivity contribution in [1.82, 2.24) is 15.6 Å². The normalized spacial score (nSPS) is 10.7. The van der Waals surface area contributed by atoms with Crippen LogP contribution in [0.15, 0.2) is 82.4 Å². The van der Waals surface area contributed by atoms with Crippen LogP contribution < -0.4 is 15.5 Å². The number of esters is 1. The van der Waals surface area contributed by atoms with E-state index in [0.29, 0.717) is 25.6 Å². The second kappa shape index (κ2) is 11.7. The molecule has 9 nitrogen and oxygen atoms in total. The molecule has 1 heterocycles. The number of hydrogen-bond acceptors (Lipinski definition) is 8. The van der Waals surface area contributed by atoms with Gasteiger partial charge in [-0.1, -0.05) is 69.2 Å². The molecule has 36 heavy (non-hydrogen) atoms. The number of benzene rings is 3. The summed E-state index contributed by atoms with van der Waals surface area (Å²) in [6.45, 7) is 0. The molecule has 0 bridgehead atoms. The van der Waals surface area contributed by atoms with Crippen LogP contribution in [0.4, 0.5) is 5.13 Å². The van der Waals surface area contributed by atoms with E-state index in [0.717, 1.165) is 16.9 Å². The van der Waals surface area contributed by atoms with Crippen LogP contribution in [0.2, 0.25) is 5.02 Å². The first-order valence-corrected chi connectivity index (χ1v) is 12.2. The van der Waals surface area contributed by atoms with Crippen molar-refractivity contribution in [2.24, 2.45) is 5.10 Å². The third-order valence-corrected chi connectivity index (χ3v) is 6.13. The molecule has 0 saturated carbocycles. The first-order chi connectivity index (χ1) is 17.4. The minimum Gasteiger partial charge on any atom is -0.422 e. The molecule has 0 spiro atoms. The van der Waals surface area contributed by atoms with Crippen LogP contribution in [0.3, 0.4) is 0 Å². The zero-order chi connectivity index (χ0) is 25.5. The average Bonchev–Trinajstić information content (AvgIpc) is 3.35. The third-order valence-electron chi connectivity index (χ3n) is 4.50. The van der Waals surface area contributed by atoms with Gasteiger partial charge in [-0.25, -0.2) is 10.2 Å². The van der Waals surface area contributed by atoms with Crippen LogP contribution >= 0.6 is 38.9 Å². The molecule has 2 amide bonds. The summed E-state index contributed by atoms with van der Waals surface area (Å²) in [7, 11) is 0. The van der Waals surface area contributed by atoms with Gasteiger partial charge in [0.25, 0.3) is 0 Å². The molecule has 12 heteroatoms. The fourth-order valence-electron chi connectivity index (χ4n) is 2.79. The molecular formula is C24H15BrClN5O4S. The van der Waals surface area contributed by atoms with Crippen molar-refractivity contribution in [3.05, 3.63) is 93.4 Å². The minimum absolute atomic E-state index is 0.168. The number of hydrogen-bond donors (Lipinski definition) is 2. The van der Waals surface area contributed by atoms with Crippen LogP contribution in [0.25, 0.3) is 10.6 Å². The largest absolute Gasteiger partial charge is 0.422 e. The Balaban J connectivity index is 1.38.